The number of pyridine rings is 1. The summed E-state index contributed by atoms with van der Waals surface area (Å²) in [5.74, 6) is 1.94. The van der Waals surface area contributed by atoms with E-state index in [0.717, 1.165) is 29.9 Å². The number of fused-ring (bicyclic) bond motifs is 3. The molecule has 1 aromatic carbocycles. The number of hydrogen-bond acceptors (Lipinski definition) is 2. The maximum Gasteiger partial charge on any atom is 0.0705 e. The smallest absolute Gasteiger partial charge is 0.0705 e. The van der Waals surface area contributed by atoms with Gasteiger partial charge in [0.25, 0.3) is 0 Å². The summed E-state index contributed by atoms with van der Waals surface area (Å²) >= 11 is 0. The predicted octanol–water partition coefficient (Wildman–Crippen LogP) is 3.51. The molecule has 1 heterocycles. The van der Waals surface area contributed by atoms with Gasteiger partial charge >= 0.3 is 0 Å². The summed E-state index contributed by atoms with van der Waals surface area (Å²) in [6, 6.07) is 13.4. The standard InChI is InChI=1S/C17H20N2/c1-2-4-16-13(3-1)7-8-15(19-16)11-18-17-10-12-5-6-14(17)9-12/h1-4,7-8,12,14,17-18H,5-6,9-11H2. The largest absolute Gasteiger partial charge is 0.308 e. The van der Waals surface area contributed by atoms with Crippen molar-refractivity contribution in [2.24, 2.45) is 11.8 Å². The van der Waals surface area contributed by atoms with E-state index >= 15 is 0 Å². The maximum absolute atomic E-state index is 4.74. The van der Waals surface area contributed by atoms with Crippen LogP contribution < -0.4 is 5.32 Å². The lowest BCUT2D eigenvalue weighted by Crippen LogP contribution is -2.33. The van der Waals surface area contributed by atoms with Crippen LogP contribution >= 0.6 is 0 Å². The molecule has 1 N–H and O–H groups in total. The fraction of sp³-hybridized carbons (Fsp3) is 0.471. The highest BCUT2D eigenvalue weighted by Crippen LogP contribution is 2.44. The lowest BCUT2D eigenvalue weighted by Gasteiger charge is -2.22. The Morgan fingerprint density at radius 3 is 2.84 bits per heavy atom. The van der Waals surface area contributed by atoms with Crippen molar-refractivity contribution in [1.29, 1.82) is 0 Å². The fourth-order valence-electron chi connectivity index (χ4n) is 3.94. The van der Waals surface area contributed by atoms with Crippen molar-refractivity contribution >= 4 is 10.9 Å². The van der Waals surface area contributed by atoms with Crippen molar-refractivity contribution < 1.29 is 0 Å². The molecule has 98 valence electrons. The van der Waals surface area contributed by atoms with Gasteiger partial charge in [-0.05, 0) is 43.2 Å². The van der Waals surface area contributed by atoms with Crippen molar-refractivity contribution in [2.75, 3.05) is 0 Å². The van der Waals surface area contributed by atoms with Crippen molar-refractivity contribution in [1.82, 2.24) is 10.3 Å². The molecular formula is C17H20N2. The molecule has 0 radical (unpaired) electrons. The molecule has 4 rings (SSSR count). The van der Waals surface area contributed by atoms with Gasteiger partial charge in [-0.25, -0.2) is 0 Å². The molecule has 0 saturated heterocycles. The minimum Gasteiger partial charge on any atom is -0.308 e. The van der Waals surface area contributed by atoms with Crippen LogP contribution in [0.3, 0.4) is 0 Å². The Bertz CT molecular complexity index is 593. The monoisotopic (exact) mass is 252 g/mol. The number of hydrogen-bond donors (Lipinski definition) is 1. The van der Waals surface area contributed by atoms with Gasteiger partial charge in [-0.1, -0.05) is 30.7 Å². The van der Waals surface area contributed by atoms with Crippen molar-refractivity contribution in [3.8, 4) is 0 Å². The summed E-state index contributed by atoms with van der Waals surface area (Å²) in [7, 11) is 0. The van der Waals surface area contributed by atoms with Crippen LogP contribution in [0.1, 0.15) is 31.4 Å². The Morgan fingerprint density at radius 2 is 2.00 bits per heavy atom. The first-order valence-corrected chi connectivity index (χ1v) is 7.46. The third kappa shape index (κ3) is 2.14. The summed E-state index contributed by atoms with van der Waals surface area (Å²) in [5.41, 5.74) is 2.27. The molecule has 2 saturated carbocycles. The molecule has 19 heavy (non-hydrogen) atoms. The number of para-hydroxylation sites is 1. The summed E-state index contributed by atoms with van der Waals surface area (Å²) < 4.78 is 0. The molecule has 1 aromatic heterocycles. The molecule has 2 aliphatic rings. The highest BCUT2D eigenvalue weighted by Gasteiger charge is 2.38. The maximum atomic E-state index is 4.74. The van der Waals surface area contributed by atoms with Crippen LogP contribution in [-0.2, 0) is 6.54 Å². The van der Waals surface area contributed by atoms with Gasteiger partial charge in [0.05, 0.1) is 11.2 Å². The number of nitrogens with one attached hydrogen (secondary N) is 1. The van der Waals surface area contributed by atoms with E-state index in [2.05, 4.69) is 41.7 Å². The lowest BCUT2D eigenvalue weighted by atomic mass is 9.95. The highest BCUT2D eigenvalue weighted by atomic mass is 15.0. The van der Waals surface area contributed by atoms with E-state index in [-0.39, 0.29) is 0 Å². The molecular weight excluding hydrogens is 232 g/mol. The van der Waals surface area contributed by atoms with E-state index in [9.17, 15) is 0 Å². The summed E-state index contributed by atoms with van der Waals surface area (Å²) in [5, 5.41) is 4.96. The van der Waals surface area contributed by atoms with E-state index in [1.807, 2.05) is 0 Å². The molecule has 3 atom stereocenters. The zero-order valence-corrected chi connectivity index (χ0v) is 11.2. The first kappa shape index (κ1) is 11.4. The number of nitrogens with zero attached hydrogens (tertiary/aromatic N) is 1. The first-order chi connectivity index (χ1) is 9.38. The highest BCUT2D eigenvalue weighted by molar-refractivity contribution is 5.78. The summed E-state index contributed by atoms with van der Waals surface area (Å²) in [6.07, 6.45) is 5.76. The summed E-state index contributed by atoms with van der Waals surface area (Å²) in [6.45, 7) is 0.915. The van der Waals surface area contributed by atoms with Gasteiger partial charge in [0.2, 0.25) is 0 Å². The second kappa shape index (κ2) is 4.61. The molecule has 2 nitrogen and oxygen atoms in total. The van der Waals surface area contributed by atoms with E-state index in [0.29, 0.717) is 0 Å². The van der Waals surface area contributed by atoms with Crippen LogP contribution in [0, 0.1) is 11.8 Å². The Morgan fingerprint density at radius 1 is 1.05 bits per heavy atom. The van der Waals surface area contributed by atoms with E-state index in [4.69, 9.17) is 4.98 Å². The van der Waals surface area contributed by atoms with E-state index in [1.54, 1.807) is 0 Å². The number of rotatable bonds is 3. The quantitative estimate of drug-likeness (QED) is 0.904. The third-order valence-corrected chi connectivity index (χ3v) is 4.94. The SMILES string of the molecule is c1ccc2nc(CNC3CC4CCC3C4)ccc2c1. The Kier molecular flexibility index (Phi) is 2.77. The predicted molar refractivity (Wildman–Crippen MR) is 77.8 cm³/mol. The number of aromatic nitrogens is 1. The van der Waals surface area contributed by atoms with Crippen LogP contribution in [0.25, 0.3) is 10.9 Å². The van der Waals surface area contributed by atoms with E-state index < -0.39 is 0 Å². The van der Waals surface area contributed by atoms with Gasteiger partial charge in [0, 0.05) is 18.0 Å². The van der Waals surface area contributed by atoms with Crippen LogP contribution in [0.2, 0.25) is 0 Å². The van der Waals surface area contributed by atoms with Gasteiger partial charge in [-0.2, -0.15) is 0 Å². The third-order valence-electron chi connectivity index (χ3n) is 4.94. The van der Waals surface area contributed by atoms with Crippen molar-refractivity contribution in [3.05, 3.63) is 42.1 Å². The summed E-state index contributed by atoms with van der Waals surface area (Å²) in [4.78, 5) is 4.74. The lowest BCUT2D eigenvalue weighted by molar-refractivity contribution is 0.349. The first-order valence-electron chi connectivity index (χ1n) is 7.46. The van der Waals surface area contributed by atoms with Crippen LogP contribution in [0.4, 0.5) is 0 Å². The van der Waals surface area contributed by atoms with Gasteiger partial charge in [0.1, 0.15) is 0 Å². The van der Waals surface area contributed by atoms with Gasteiger partial charge in [-0.15, -0.1) is 0 Å². The molecule has 0 spiro atoms. The molecule has 2 bridgehead atoms. The fourth-order valence-corrected chi connectivity index (χ4v) is 3.94. The van der Waals surface area contributed by atoms with Gasteiger partial charge < -0.3 is 5.32 Å². The zero-order chi connectivity index (χ0) is 12.7. The normalized spacial score (nSPS) is 29.2. The molecule has 2 aromatic rings. The zero-order valence-electron chi connectivity index (χ0n) is 11.2. The Labute approximate surface area is 114 Å². The topological polar surface area (TPSA) is 24.9 Å². The molecule has 2 aliphatic carbocycles. The Hall–Kier alpha value is -1.41. The molecule has 0 aliphatic heterocycles. The van der Waals surface area contributed by atoms with Crippen LogP contribution in [-0.4, -0.2) is 11.0 Å². The Balaban J connectivity index is 1.46. The second-order valence-electron chi connectivity index (χ2n) is 6.16. The average molecular weight is 252 g/mol. The van der Waals surface area contributed by atoms with Crippen LogP contribution in [0.15, 0.2) is 36.4 Å². The minimum absolute atomic E-state index is 0.743. The van der Waals surface area contributed by atoms with Crippen molar-refractivity contribution in [3.63, 3.8) is 0 Å². The van der Waals surface area contributed by atoms with Gasteiger partial charge in [-0.3, -0.25) is 4.98 Å². The van der Waals surface area contributed by atoms with Crippen LogP contribution in [0.5, 0.6) is 0 Å². The molecule has 0 amide bonds. The average Bonchev–Trinajstić information content (AvgIpc) is 3.07. The van der Waals surface area contributed by atoms with Gasteiger partial charge in [0.15, 0.2) is 0 Å². The van der Waals surface area contributed by atoms with Crippen molar-refractivity contribution in [2.45, 2.75) is 38.3 Å². The molecule has 2 heteroatoms. The minimum atomic E-state index is 0.743. The number of benzene rings is 1. The second-order valence-corrected chi connectivity index (χ2v) is 6.16. The molecule has 2 fully saturated rings. The van der Waals surface area contributed by atoms with E-state index in [1.165, 1.54) is 36.8 Å². The molecule has 3 unspecified atom stereocenters.